The Morgan fingerprint density at radius 2 is 2.03 bits per heavy atom. The lowest BCUT2D eigenvalue weighted by Crippen LogP contribution is -2.49. The van der Waals surface area contributed by atoms with Gasteiger partial charge in [0, 0.05) is 65.0 Å². The van der Waals surface area contributed by atoms with Crippen molar-refractivity contribution < 1.29 is 13.9 Å². The monoisotopic (exact) mass is 570 g/mol. The van der Waals surface area contributed by atoms with Crippen molar-refractivity contribution in [2.24, 2.45) is 4.99 Å². The number of aliphatic imine (C=N–C) groups is 1. The van der Waals surface area contributed by atoms with E-state index in [1.54, 1.807) is 12.5 Å². The van der Waals surface area contributed by atoms with Gasteiger partial charge in [0.2, 0.25) is 5.91 Å². The first kappa shape index (κ1) is 26.9. The predicted molar refractivity (Wildman–Crippen MR) is 140 cm³/mol. The number of piperazine rings is 1. The van der Waals surface area contributed by atoms with Crippen LogP contribution in [0.15, 0.2) is 52.2 Å². The largest absolute Gasteiger partial charge is 0.467 e. The van der Waals surface area contributed by atoms with Gasteiger partial charge in [0.1, 0.15) is 18.2 Å². The van der Waals surface area contributed by atoms with E-state index in [2.05, 4.69) is 25.5 Å². The van der Waals surface area contributed by atoms with Gasteiger partial charge in [0.15, 0.2) is 5.96 Å². The summed E-state index contributed by atoms with van der Waals surface area (Å²) >= 11 is 0. The number of guanidine groups is 1. The minimum absolute atomic E-state index is 0. The number of aromatic nitrogens is 1. The van der Waals surface area contributed by atoms with E-state index < -0.39 is 0 Å². The van der Waals surface area contributed by atoms with Gasteiger partial charge in [0.05, 0.1) is 6.26 Å². The summed E-state index contributed by atoms with van der Waals surface area (Å²) in [7, 11) is 0. The smallest absolute Gasteiger partial charge is 0.224 e. The zero-order chi connectivity index (χ0) is 22.4. The second kappa shape index (κ2) is 15.5. The molecule has 0 aliphatic carbocycles. The fourth-order valence-corrected chi connectivity index (χ4v) is 3.44. The van der Waals surface area contributed by atoms with E-state index in [-0.39, 0.29) is 29.9 Å². The van der Waals surface area contributed by atoms with E-state index in [0.29, 0.717) is 32.7 Å². The van der Waals surface area contributed by atoms with Crippen LogP contribution in [0, 0.1) is 0 Å². The van der Waals surface area contributed by atoms with E-state index in [4.69, 9.17) is 9.15 Å². The Hall–Kier alpha value is -2.34. The first-order chi connectivity index (χ1) is 15.8. The highest BCUT2D eigenvalue weighted by atomic mass is 127. The zero-order valence-electron chi connectivity index (χ0n) is 19.2. The molecule has 0 saturated carbocycles. The molecule has 2 N–H and O–H groups in total. The van der Waals surface area contributed by atoms with Gasteiger partial charge in [0.25, 0.3) is 0 Å². The molecule has 33 heavy (non-hydrogen) atoms. The number of halogens is 1. The Morgan fingerprint density at radius 3 is 2.73 bits per heavy atom. The second-order valence-corrected chi connectivity index (χ2v) is 7.48. The number of rotatable bonds is 11. The van der Waals surface area contributed by atoms with Crippen molar-refractivity contribution in [3.05, 3.63) is 48.6 Å². The molecule has 0 radical (unpaired) electrons. The van der Waals surface area contributed by atoms with Crippen LogP contribution in [0.25, 0.3) is 0 Å². The molecular weight excluding hydrogens is 535 g/mol. The molecule has 9 nitrogen and oxygen atoms in total. The quantitative estimate of drug-likeness (QED) is 0.186. The van der Waals surface area contributed by atoms with Gasteiger partial charge < -0.3 is 29.6 Å². The van der Waals surface area contributed by atoms with E-state index in [1.807, 2.05) is 42.2 Å². The molecule has 2 aromatic heterocycles. The molecule has 2 aromatic rings. The molecule has 3 heterocycles. The molecule has 0 unspecified atom stereocenters. The maximum absolute atomic E-state index is 12.6. The van der Waals surface area contributed by atoms with Crippen molar-refractivity contribution in [2.45, 2.75) is 26.4 Å². The van der Waals surface area contributed by atoms with Gasteiger partial charge >= 0.3 is 0 Å². The normalized spacial score (nSPS) is 14.0. The Labute approximate surface area is 213 Å². The number of carbonyl (C=O) groups excluding carboxylic acids is 1. The van der Waals surface area contributed by atoms with Crippen molar-refractivity contribution in [2.75, 3.05) is 57.3 Å². The van der Waals surface area contributed by atoms with Crippen LogP contribution < -0.4 is 15.5 Å². The molecule has 1 aliphatic rings. The van der Waals surface area contributed by atoms with Crippen LogP contribution >= 0.6 is 24.0 Å². The van der Waals surface area contributed by atoms with Crippen LogP contribution in [-0.4, -0.2) is 74.2 Å². The van der Waals surface area contributed by atoms with Crippen LogP contribution in [0.4, 0.5) is 5.82 Å². The van der Waals surface area contributed by atoms with Crippen molar-refractivity contribution >= 4 is 41.7 Å². The van der Waals surface area contributed by atoms with E-state index in [0.717, 1.165) is 56.7 Å². The van der Waals surface area contributed by atoms with Gasteiger partial charge in [-0.1, -0.05) is 6.07 Å². The van der Waals surface area contributed by atoms with Gasteiger partial charge in [-0.3, -0.25) is 9.79 Å². The molecule has 0 atom stereocenters. The topological polar surface area (TPSA) is 95.2 Å². The lowest BCUT2D eigenvalue weighted by molar-refractivity contribution is -0.131. The SMILES string of the molecule is CCNC(=NCCCOCc1ccco1)NCCC(=O)N1CCN(c2ccccn2)CC1.I. The summed E-state index contributed by atoms with van der Waals surface area (Å²) in [6.07, 6.45) is 4.71. The van der Waals surface area contributed by atoms with Crippen LogP contribution in [0.2, 0.25) is 0 Å². The zero-order valence-corrected chi connectivity index (χ0v) is 21.6. The summed E-state index contributed by atoms with van der Waals surface area (Å²) in [6.45, 7) is 8.16. The standard InChI is InChI=1S/C23H34N6O3.HI/c1-2-24-23(26-11-6-17-31-19-20-7-5-18-32-20)27-12-9-22(30)29-15-13-28(14-16-29)21-8-3-4-10-25-21;/h3-5,7-8,10,18H,2,6,9,11-17,19H2,1H3,(H2,24,26,27);1H. The lowest BCUT2D eigenvalue weighted by Gasteiger charge is -2.35. The number of hydrogen-bond acceptors (Lipinski definition) is 6. The number of nitrogens with one attached hydrogen (secondary N) is 2. The molecule has 10 heteroatoms. The molecule has 0 spiro atoms. The predicted octanol–water partition coefficient (Wildman–Crippen LogP) is 2.49. The van der Waals surface area contributed by atoms with Crippen molar-refractivity contribution in [3.63, 3.8) is 0 Å². The van der Waals surface area contributed by atoms with E-state index in [1.165, 1.54) is 0 Å². The van der Waals surface area contributed by atoms with Crippen LogP contribution in [0.5, 0.6) is 0 Å². The number of carbonyl (C=O) groups is 1. The van der Waals surface area contributed by atoms with Crippen molar-refractivity contribution in [3.8, 4) is 0 Å². The third-order valence-corrected chi connectivity index (χ3v) is 5.12. The van der Waals surface area contributed by atoms with Crippen LogP contribution in [-0.2, 0) is 16.1 Å². The Morgan fingerprint density at radius 1 is 1.18 bits per heavy atom. The molecule has 3 rings (SSSR count). The number of anilines is 1. The van der Waals surface area contributed by atoms with Gasteiger partial charge in [-0.25, -0.2) is 4.98 Å². The van der Waals surface area contributed by atoms with Crippen LogP contribution in [0.3, 0.4) is 0 Å². The molecule has 1 aliphatic heterocycles. The number of hydrogen-bond donors (Lipinski definition) is 2. The number of amides is 1. The fraction of sp³-hybridized carbons (Fsp3) is 0.522. The summed E-state index contributed by atoms with van der Waals surface area (Å²) in [5, 5.41) is 6.47. The number of ether oxygens (including phenoxy) is 1. The third kappa shape index (κ3) is 9.58. The fourth-order valence-electron chi connectivity index (χ4n) is 3.44. The highest BCUT2D eigenvalue weighted by molar-refractivity contribution is 14.0. The molecular formula is C23H35IN6O3. The third-order valence-electron chi connectivity index (χ3n) is 5.12. The van der Waals surface area contributed by atoms with Gasteiger partial charge in [-0.2, -0.15) is 0 Å². The molecule has 1 fully saturated rings. The minimum Gasteiger partial charge on any atom is -0.467 e. The number of pyridine rings is 1. The second-order valence-electron chi connectivity index (χ2n) is 7.48. The Kier molecular flexibility index (Phi) is 12.6. The van der Waals surface area contributed by atoms with Gasteiger partial charge in [-0.05, 0) is 37.6 Å². The molecule has 0 aromatic carbocycles. The van der Waals surface area contributed by atoms with Gasteiger partial charge in [-0.15, -0.1) is 24.0 Å². The average molecular weight is 570 g/mol. The Bertz CT molecular complexity index is 811. The summed E-state index contributed by atoms with van der Waals surface area (Å²) < 4.78 is 10.8. The molecule has 182 valence electrons. The number of nitrogens with zero attached hydrogens (tertiary/aromatic N) is 4. The minimum atomic E-state index is 0. The summed E-state index contributed by atoms with van der Waals surface area (Å²) in [5.41, 5.74) is 0. The first-order valence-corrected chi connectivity index (χ1v) is 11.3. The maximum Gasteiger partial charge on any atom is 0.224 e. The number of furan rings is 1. The first-order valence-electron chi connectivity index (χ1n) is 11.3. The summed E-state index contributed by atoms with van der Waals surface area (Å²) in [6, 6.07) is 9.66. The molecule has 0 bridgehead atoms. The lowest BCUT2D eigenvalue weighted by atomic mass is 10.2. The van der Waals surface area contributed by atoms with Crippen molar-refractivity contribution in [1.82, 2.24) is 20.5 Å². The highest BCUT2D eigenvalue weighted by Crippen LogP contribution is 2.12. The highest BCUT2D eigenvalue weighted by Gasteiger charge is 2.21. The van der Waals surface area contributed by atoms with Crippen LogP contribution in [0.1, 0.15) is 25.5 Å². The average Bonchev–Trinajstić information content (AvgIpc) is 3.35. The van der Waals surface area contributed by atoms with Crippen molar-refractivity contribution in [1.29, 1.82) is 0 Å². The molecule has 1 saturated heterocycles. The Balaban J connectivity index is 0.00000385. The summed E-state index contributed by atoms with van der Waals surface area (Å²) in [4.78, 5) is 25.7. The summed E-state index contributed by atoms with van der Waals surface area (Å²) in [5.74, 6) is 2.69. The van der Waals surface area contributed by atoms with E-state index >= 15 is 0 Å². The maximum atomic E-state index is 12.6. The molecule has 1 amide bonds. The van der Waals surface area contributed by atoms with E-state index in [9.17, 15) is 4.79 Å².